The number of rotatable bonds is 15. The lowest BCUT2D eigenvalue weighted by Gasteiger charge is -2.22. The molecule has 0 fully saturated rings. The molecule has 3 aromatic rings. The number of aliphatic imine (C=N–C) groups is 1. The van der Waals surface area contributed by atoms with Crippen molar-refractivity contribution >= 4 is 17.9 Å². The second-order valence-electron chi connectivity index (χ2n) is 9.52. The van der Waals surface area contributed by atoms with Gasteiger partial charge in [0.05, 0.1) is 33.5 Å². The molecule has 0 saturated heterocycles. The highest BCUT2D eigenvalue weighted by atomic mass is 16.5. The smallest absolute Gasteiger partial charge is 0.266 e. The van der Waals surface area contributed by atoms with Gasteiger partial charge in [-0.1, -0.05) is 42.5 Å². The van der Waals surface area contributed by atoms with Crippen molar-refractivity contribution in [1.29, 1.82) is 0 Å². The zero-order valence-corrected chi connectivity index (χ0v) is 24.1. The number of hydrogen-bond donors (Lipinski definition) is 3. The lowest BCUT2D eigenvalue weighted by atomic mass is 9.95. The minimum absolute atomic E-state index is 0.0684. The van der Waals surface area contributed by atoms with Crippen LogP contribution in [0.4, 0.5) is 0 Å². The molecule has 1 aliphatic rings. The molecule has 0 radical (unpaired) electrons. The van der Waals surface area contributed by atoms with Crippen LogP contribution in [0.3, 0.4) is 0 Å². The maximum atomic E-state index is 13.7. The summed E-state index contributed by atoms with van der Waals surface area (Å²) in [6, 6.07) is 20.6. The Morgan fingerprint density at radius 1 is 1.00 bits per heavy atom. The number of aliphatic hydroxyl groups is 1. The summed E-state index contributed by atoms with van der Waals surface area (Å²) in [6.07, 6.45) is 4.76. The van der Waals surface area contributed by atoms with Gasteiger partial charge < -0.3 is 28.8 Å². The number of nitrogens with one attached hydrogen (secondary N) is 2. The summed E-state index contributed by atoms with van der Waals surface area (Å²) >= 11 is 0. The molecule has 0 bridgehead atoms. The predicted molar refractivity (Wildman–Crippen MR) is 160 cm³/mol. The van der Waals surface area contributed by atoms with Gasteiger partial charge in [0.1, 0.15) is 29.6 Å². The quantitative estimate of drug-likeness (QED) is 0.184. The number of methoxy groups -OCH3 is 3. The molecule has 1 aliphatic heterocycles. The van der Waals surface area contributed by atoms with Gasteiger partial charge in [-0.3, -0.25) is 10.2 Å². The highest BCUT2D eigenvalue weighted by molar-refractivity contribution is 6.00. The molecule has 0 unspecified atom stereocenters. The second kappa shape index (κ2) is 14.9. The average Bonchev–Trinajstić information content (AvgIpc) is 3.47. The number of hydrogen-bond acceptors (Lipinski definition) is 9. The fourth-order valence-electron chi connectivity index (χ4n) is 4.39. The normalized spacial score (nSPS) is 16.0. The number of nitrogens with zero attached hydrogens (tertiary/aromatic N) is 1. The zero-order valence-electron chi connectivity index (χ0n) is 24.1. The molecule has 10 heteroatoms. The van der Waals surface area contributed by atoms with E-state index in [1.165, 1.54) is 0 Å². The summed E-state index contributed by atoms with van der Waals surface area (Å²) in [5.74, 6) is 2.41. The Bertz CT molecular complexity index is 1350. The maximum Gasteiger partial charge on any atom is 0.266 e. The number of amides is 1. The Morgan fingerprint density at radius 2 is 1.71 bits per heavy atom. The van der Waals surface area contributed by atoms with E-state index in [9.17, 15) is 4.79 Å². The largest absolute Gasteiger partial charge is 0.496 e. The van der Waals surface area contributed by atoms with Crippen LogP contribution in [0.1, 0.15) is 29.5 Å². The summed E-state index contributed by atoms with van der Waals surface area (Å²) in [7, 11) is 4.69. The van der Waals surface area contributed by atoms with Gasteiger partial charge in [-0.2, -0.15) is 0 Å². The molecule has 0 saturated carbocycles. The van der Waals surface area contributed by atoms with E-state index in [-0.39, 0.29) is 25.7 Å². The third-order valence-electron chi connectivity index (χ3n) is 6.71. The van der Waals surface area contributed by atoms with Crippen LogP contribution in [0.25, 0.3) is 6.08 Å². The van der Waals surface area contributed by atoms with E-state index in [4.69, 9.17) is 33.8 Å². The van der Waals surface area contributed by atoms with Gasteiger partial charge in [-0.05, 0) is 29.8 Å². The molecule has 0 aromatic heterocycles. The van der Waals surface area contributed by atoms with Gasteiger partial charge in [0, 0.05) is 43.7 Å². The Hall–Kier alpha value is -4.54. The van der Waals surface area contributed by atoms with Crippen LogP contribution in [-0.4, -0.2) is 63.6 Å². The van der Waals surface area contributed by atoms with Gasteiger partial charge in [0.15, 0.2) is 5.54 Å². The number of carbonyl (C=O) groups is 1. The van der Waals surface area contributed by atoms with E-state index in [2.05, 4.69) is 10.9 Å². The van der Waals surface area contributed by atoms with Crippen molar-refractivity contribution < 1.29 is 33.6 Å². The third kappa shape index (κ3) is 7.59. The first-order valence-corrected chi connectivity index (χ1v) is 13.6. The molecular weight excluding hydrogens is 538 g/mol. The number of carbonyl (C=O) groups excluding carboxylic acids is 1. The molecule has 10 nitrogen and oxygen atoms in total. The molecule has 222 valence electrons. The van der Waals surface area contributed by atoms with Crippen LogP contribution < -0.4 is 29.8 Å². The first kappa shape index (κ1) is 30.4. The SMILES string of the molecule is COc1cc(OC)c(CNNC(=O)[C@]2(C/C=C/c3ccccc3)COC(c3ccc(OCCCO)cc3)=N2)c(OC)c1. The van der Waals surface area contributed by atoms with Crippen LogP contribution in [0.2, 0.25) is 0 Å². The maximum absolute atomic E-state index is 13.7. The van der Waals surface area contributed by atoms with E-state index in [1.54, 1.807) is 33.5 Å². The summed E-state index contributed by atoms with van der Waals surface area (Å²) in [5, 5.41) is 8.96. The molecule has 0 spiro atoms. The number of ether oxygens (including phenoxy) is 5. The molecule has 3 N–H and O–H groups in total. The lowest BCUT2D eigenvalue weighted by molar-refractivity contribution is -0.127. The topological polar surface area (TPSA) is 120 Å². The Labute approximate surface area is 245 Å². The van der Waals surface area contributed by atoms with Gasteiger partial charge in [-0.25, -0.2) is 10.4 Å². The fraction of sp³-hybridized carbons (Fsp3) is 0.312. The Balaban J connectivity index is 1.52. The third-order valence-corrected chi connectivity index (χ3v) is 6.71. The standard InChI is InChI=1S/C32H37N3O7/c1-38-26-19-28(39-2)27(29(20-26)40-3)21-33-35-31(37)32(16-7-11-23-9-5-4-6-10-23)22-42-30(34-32)24-12-14-25(15-13-24)41-18-8-17-36/h4-7,9-15,19-20,33,36H,8,16-18,21-22H2,1-3H3,(H,35,37)/b11-7+/t32-/m0/s1. The summed E-state index contributed by atoms with van der Waals surface area (Å²) in [5.41, 5.74) is 7.08. The molecule has 4 rings (SSSR count). The highest BCUT2D eigenvalue weighted by Gasteiger charge is 2.43. The average molecular weight is 576 g/mol. The fourth-order valence-corrected chi connectivity index (χ4v) is 4.39. The summed E-state index contributed by atoms with van der Waals surface area (Å²) in [6.45, 7) is 0.791. The molecule has 1 amide bonds. The lowest BCUT2D eigenvalue weighted by Crippen LogP contribution is -2.51. The first-order chi connectivity index (χ1) is 20.5. The van der Waals surface area contributed by atoms with Gasteiger partial charge in [0.25, 0.3) is 5.91 Å². The molecule has 3 aromatic carbocycles. The molecule has 1 atom stereocenters. The summed E-state index contributed by atoms with van der Waals surface area (Å²) in [4.78, 5) is 18.5. The second-order valence-corrected chi connectivity index (χ2v) is 9.52. The van der Waals surface area contributed by atoms with Crippen molar-refractivity contribution in [2.75, 3.05) is 41.2 Å². The molecule has 0 aliphatic carbocycles. The van der Waals surface area contributed by atoms with Gasteiger partial charge in [-0.15, -0.1) is 0 Å². The molecule has 1 heterocycles. The van der Waals surface area contributed by atoms with Crippen molar-refractivity contribution in [2.45, 2.75) is 24.9 Å². The zero-order chi connectivity index (χ0) is 29.8. The Morgan fingerprint density at radius 3 is 2.36 bits per heavy atom. The number of hydrazine groups is 1. The number of aliphatic hydroxyl groups excluding tert-OH is 1. The van der Waals surface area contributed by atoms with Gasteiger partial charge >= 0.3 is 0 Å². The summed E-state index contributed by atoms with van der Waals surface area (Å²) < 4.78 is 28.0. The van der Waals surface area contributed by atoms with E-state index in [0.29, 0.717) is 53.9 Å². The Kier molecular flexibility index (Phi) is 10.8. The van der Waals surface area contributed by atoms with Crippen LogP contribution in [-0.2, 0) is 16.1 Å². The van der Waals surface area contributed by atoms with Gasteiger partial charge in [0.2, 0.25) is 5.90 Å². The number of benzene rings is 3. The van der Waals surface area contributed by atoms with E-state index >= 15 is 0 Å². The van der Waals surface area contributed by atoms with Crippen molar-refractivity contribution in [2.24, 2.45) is 4.99 Å². The molecular formula is C32H37N3O7. The minimum Gasteiger partial charge on any atom is -0.496 e. The molecule has 42 heavy (non-hydrogen) atoms. The van der Waals surface area contributed by atoms with E-state index < -0.39 is 5.54 Å². The first-order valence-electron chi connectivity index (χ1n) is 13.6. The van der Waals surface area contributed by atoms with Crippen molar-refractivity contribution in [3.05, 3.63) is 89.5 Å². The van der Waals surface area contributed by atoms with Crippen LogP contribution in [0, 0.1) is 0 Å². The van der Waals surface area contributed by atoms with E-state index in [0.717, 1.165) is 11.1 Å². The van der Waals surface area contributed by atoms with E-state index in [1.807, 2.05) is 66.7 Å². The van der Waals surface area contributed by atoms with Crippen molar-refractivity contribution in [3.8, 4) is 23.0 Å². The predicted octanol–water partition coefficient (Wildman–Crippen LogP) is 3.91. The van der Waals surface area contributed by atoms with Crippen molar-refractivity contribution in [1.82, 2.24) is 10.9 Å². The van der Waals surface area contributed by atoms with Crippen molar-refractivity contribution in [3.63, 3.8) is 0 Å². The highest BCUT2D eigenvalue weighted by Crippen LogP contribution is 2.34. The minimum atomic E-state index is -1.20. The van der Waals surface area contributed by atoms with Crippen LogP contribution in [0.5, 0.6) is 23.0 Å². The van der Waals surface area contributed by atoms with Crippen LogP contribution in [0.15, 0.2) is 77.8 Å². The van der Waals surface area contributed by atoms with Crippen LogP contribution >= 0.6 is 0 Å². The monoisotopic (exact) mass is 575 g/mol.